The van der Waals surface area contributed by atoms with Gasteiger partial charge in [0.1, 0.15) is 12.3 Å². The first-order valence-corrected chi connectivity index (χ1v) is 6.32. The fourth-order valence-electron chi connectivity index (χ4n) is 1.66. The number of aryl methyl sites for hydroxylation is 1. The highest BCUT2D eigenvalue weighted by atomic mass is 19.4. The maximum Gasteiger partial charge on any atom is 0.406 e. The second-order valence-electron chi connectivity index (χ2n) is 4.31. The van der Waals surface area contributed by atoms with Crippen LogP contribution >= 0.6 is 0 Å². The van der Waals surface area contributed by atoms with Gasteiger partial charge in [0, 0.05) is 13.0 Å². The van der Waals surface area contributed by atoms with Crippen LogP contribution in [0.5, 0.6) is 0 Å². The molecule has 0 unspecified atom stereocenters. The van der Waals surface area contributed by atoms with Gasteiger partial charge in [-0.25, -0.2) is 0 Å². The molecular formula is C13H18F3NO2. The number of nitrogens with zero attached hydrogens (tertiary/aromatic N) is 1. The second-order valence-corrected chi connectivity index (χ2v) is 4.31. The minimum absolute atomic E-state index is 0.0304. The molecule has 1 aromatic rings. The Hall–Kier alpha value is -1.46. The van der Waals surface area contributed by atoms with Crippen LogP contribution in [0.3, 0.4) is 0 Å². The maximum atomic E-state index is 12.5. The van der Waals surface area contributed by atoms with Gasteiger partial charge in [0.25, 0.3) is 5.91 Å². The van der Waals surface area contributed by atoms with Crippen molar-refractivity contribution in [3.05, 3.63) is 23.7 Å². The van der Waals surface area contributed by atoms with E-state index in [4.69, 9.17) is 4.42 Å². The van der Waals surface area contributed by atoms with Gasteiger partial charge in [0.15, 0.2) is 5.76 Å². The normalized spacial score (nSPS) is 11.6. The third-order valence-corrected chi connectivity index (χ3v) is 2.66. The van der Waals surface area contributed by atoms with E-state index in [9.17, 15) is 18.0 Å². The summed E-state index contributed by atoms with van der Waals surface area (Å²) in [6, 6.07) is 3.04. The number of unbranched alkanes of at least 4 members (excludes halogenated alkanes) is 1. The number of halogens is 3. The molecule has 0 atom stereocenters. The van der Waals surface area contributed by atoms with Gasteiger partial charge < -0.3 is 9.32 Å². The first kappa shape index (κ1) is 15.6. The van der Waals surface area contributed by atoms with Crippen LogP contribution in [0, 0.1) is 0 Å². The highest BCUT2D eigenvalue weighted by Crippen LogP contribution is 2.19. The van der Waals surface area contributed by atoms with Crippen LogP contribution in [0.25, 0.3) is 0 Å². The van der Waals surface area contributed by atoms with Gasteiger partial charge in [0.2, 0.25) is 0 Å². The van der Waals surface area contributed by atoms with E-state index in [1.54, 1.807) is 6.07 Å². The van der Waals surface area contributed by atoms with Gasteiger partial charge >= 0.3 is 6.18 Å². The SMILES string of the molecule is CCCCN(CC(F)(F)F)C(=O)c1ccc(CC)o1. The van der Waals surface area contributed by atoms with Crippen LogP contribution in [-0.2, 0) is 6.42 Å². The summed E-state index contributed by atoms with van der Waals surface area (Å²) in [5, 5.41) is 0. The summed E-state index contributed by atoms with van der Waals surface area (Å²) in [5.74, 6) is -0.145. The van der Waals surface area contributed by atoms with Crippen molar-refractivity contribution in [2.75, 3.05) is 13.1 Å². The lowest BCUT2D eigenvalue weighted by atomic mass is 10.3. The van der Waals surface area contributed by atoms with E-state index >= 15 is 0 Å². The molecule has 1 rings (SSSR count). The van der Waals surface area contributed by atoms with E-state index in [1.807, 2.05) is 13.8 Å². The Balaban J connectivity index is 2.80. The van der Waals surface area contributed by atoms with Crippen molar-refractivity contribution in [1.29, 1.82) is 0 Å². The van der Waals surface area contributed by atoms with Crippen LogP contribution in [0.15, 0.2) is 16.5 Å². The Morgan fingerprint density at radius 3 is 2.47 bits per heavy atom. The third kappa shape index (κ3) is 4.96. The summed E-state index contributed by atoms with van der Waals surface area (Å²) in [5.41, 5.74) is 0. The molecule has 108 valence electrons. The molecule has 0 N–H and O–H groups in total. The zero-order valence-corrected chi connectivity index (χ0v) is 11.1. The number of rotatable bonds is 6. The molecule has 1 amide bonds. The van der Waals surface area contributed by atoms with Crippen LogP contribution in [0.2, 0.25) is 0 Å². The van der Waals surface area contributed by atoms with Gasteiger partial charge in [-0.3, -0.25) is 4.79 Å². The van der Waals surface area contributed by atoms with Gasteiger partial charge in [-0.2, -0.15) is 13.2 Å². The summed E-state index contributed by atoms with van der Waals surface area (Å²) in [6.07, 6.45) is -2.55. The molecule has 0 radical (unpaired) electrons. The lowest BCUT2D eigenvalue weighted by Gasteiger charge is -2.22. The number of hydrogen-bond donors (Lipinski definition) is 0. The summed E-state index contributed by atoms with van der Waals surface area (Å²) in [7, 11) is 0. The zero-order chi connectivity index (χ0) is 14.5. The van der Waals surface area contributed by atoms with E-state index < -0.39 is 18.6 Å². The molecule has 0 saturated carbocycles. The third-order valence-electron chi connectivity index (χ3n) is 2.66. The van der Waals surface area contributed by atoms with Crippen molar-refractivity contribution < 1.29 is 22.4 Å². The lowest BCUT2D eigenvalue weighted by molar-refractivity contribution is -0.141. The maximum absolute atomic E-state index is 12.5. The predicted octanol–water partition coefficient (Wildman–Crippen LogP) is 3.65. The molecule has 19 heavy (non-hydrogen) atoms. The van der Waals surface area contributed by atoms with E-state index in [1.165, 1.54) is 6.07 Å². The number of alkyl halides is 3. The molecule has 3 nitrogen and oxygen atoms in total. The molecule has 0 aliphatic heterocycles. The van der Waals surface area contributed by atoms with E-state index in [0.717, 1.165) is 11.3 Å². The van der Waals surface area contributed by atoms with Crippen LogP contribution in [0.4, 0.5) is 13.2 Å². The first-order valence-electron chi connectivity index (χ1n) is 6.32. The average Bonchev–Trinajstić information content (AvgIpc) is 2.80. The predicted molar refractivity (Wildman–Crippen MR) is 65.0 cm³/mol. The minimum Gasteiger partial charge on any atom is -0.456 e. The van der Waals surface area contributed by atoms with E-state index in [2.05, 4.69) is 0 Å². The Morgan fingerprint density at radius 2 is 2.00 bits per heavy atom. The fraction of sp³-hybridized carbons (Fsp3) is 0.615. The van der Waals surface area contributed by atoms with Crippen molar-refractivity contribution in [3.63, 3.8) is 0 Å². The van der Waals surface area contributed by atoms with Crippen LogP contribution < -0.4 is 0 Å². The van der Waals surface area contributed by atoms with Crippen molar-refractivity contribution >= 4 is 5.91 Å². The first-order chi connectivity index (χ1) is 8.87. The largest absolute Gasteiger partial charge is 0.456 e. The standard InChI is InChI=1S/C13H18F3NO2/c1-3-5-8-17(9-13(14,15)16)12(18)11-7-6-10(4-2)19-11/h6-7H,3-5,8-9H2,1-2H3. The van der Waals surface area contributed by atoms with Crippen molar-refractivity contribution in [3.8, 4) is 0 Å². The minimum atomic E-state index is -4.40. The lowest BCUT2D eigenvalue weighted by Crippen LogP contribution is -2.39. The quantitative estimate of drug-likeness (QED) is 0.795. The zero-order valence-electron chi connectivity index (χ0n) is 11.1. The average molecular weight is 277 g/mol. The number of carbonyl (C=O) groups excluding carboxylic acids is 1. The molecule has 0 aromatic carbocycles. The van der Waals surface area contributed by atoms with Gasteiger partial charge in [-0.1, -0.05) is 20.3 Å². The summed E-state index contributed by atoms with van der Waals surface area (Å²) >= 11 is 0. The smallest absolute Gasteiger partial charge is 0.406 e. The van der Waals surface area contributed by atoms with Gasteiger partial charge in [-0.05, 0) is 18.6 Å². The van der Waals surface area contributed by atoms with E-state index in [0.29, 0.717) is 18.6 Å². The molecule has 1 heterocycles. The highest BCUT2D eigenvalue weighted by molar-refractivity contribution is 5.91. The molecule has 0 bridgehead atoms. The Morgan fingerprint density at radius 1 is 1.32 bits per heavy atom. The van der Waals surface area contributed by atoms with Crippen LogP contribution in [-0.4, -0.2) is 30.1 Å². The number of carbonyl (C=O) groups is 1. The number of amides is 1. The van der Waals surface area contributed by atoms with Crippen molar-refractivity contribution in [2.24, 2.45) is 0 Å². The molecular weight excluding hydrogens is 259 g/mol. The highest BCUT2D eigenvalue weighted by Gasteiger charge is 2.33. The summed E-state index contributed by atoms with van der Waals surface area (Å²) in [4.78, 5) is 12.8. The Bertz CT molecular complexity index is 412. The van der Waals surface area contributed by atoms with Crippen molar-refractivity contribution in [1.82, 2.24) is 4.90 Å². The molecule has 0 fully saturated rings. The van der Waals surface area contributed by atoms with Gasteiger partial charge in [-0.15, -0.1) is 0 Å². The molecule has 1 aromatic heterocycles. The molecule has 0 spiro atoms. The van der Waals surface area contributed by atoms with Crippen molar-refractivity contribution in [2.45, 2.75) is 39.3 Å². The molecule has 0 aliphatic rings. The topological polar surface area (TPSA) is 33.5 Å². The van der Waals surface area contributed by atoms with Crippen LogP contribution in [0.1, 0.15) is 43.0 Å². The molecule has 6 heteroatoms. The van der Waals surface area contributed by atoms with Gasteiger partial charge in [0.05, 0.1) is 0 Å². The number of hydrogen-bond acceptors (Lipinski definition) is 2. The molecule has 0 saturated heterocycles. The fourth-order valence-corrected chi connectivity index (χ4v) is 1.66. The number of furan rings is 1. The Labute approximate surface area is 110 Å². The second kappa shape index (κ2) is 6.63. The van der Waals surface area contributed by atoms with E-state index in [-0.39, 0.29) is 12.3 Å². The monoisotopic (exact) mass is 277 g/mol. The Kier molecular flexibility index (Phi) is 5.44. The summed E-state index contributed by atoms with van der Waals surface area (Å²) in [6.45, 7) is 2.54. The summed E-state index contributed by atoms with van der Waals surface area (Å²) < 4.78 is 42.6. The molecule has 0 aliphatic carbocycles.